The van der Waals surface area contributed by atoms with E-state index in [-0.39, 0.29) is 5.69 Å². The summed E-state index contributed by atoms with van der Waals surface area (Å²) in [6, 6.07) is 6.18. The number of nitrogens with zero attached hydrogens (tertiary/aromatic N) is 5. The van der Waals surface area contributed by atoms with Crippen LogP contribution in [-0.4, -0.2) is 69.6 Å². The van der Waals surface area contributed by atoms with Crippen molar-refractivity contribution in [1.82, 2.24) is 24.3 Å². The highest BCUT2D eigenvalue weighted by atomic mass is 19.4. The average Bonchev–Trinajstić information content (AvgIpc) is 3.11. The lowest BCUT2D eigenvalue weighted by atomic mass is 10.1. The predicted octanol–water partition coefficient (Wildman–Crippen LogP) is 2.07. The van der Waals surface area contributed by atoms with Crippen molar-refractivity contribution in [3.8, 4) is 17.3 Å². The van der Waals surface area contributed by atoms with E-state index in [1.54, 1.807) is 18.5 Å². The Balaban J connectivity index is 1.74. The number of imidazole rings is 1. The summed E-state index contributed by atoms with van der Waals surface area (Å²) in [7, 11) is 2.02. The van der Waals surface area contributed by atoms with Gasteiger partial charge in [0.05, 0.1) is 23.8 Å². The first-order chi connectivity index (χ1) is 17.0. The SMILES string of the molecule is CC(=O)NC(c1ccncc1N1CCN(C)CC1)n1cc(O)n(-c2ccc(OC(F)(F)F)cc2)c1=O. The summed E-state index contributed by atoms with van der Waals surface area (Å²) in [5.74, 6) is -1.34. The zero-order chi connectivity index (χ0) is 26.0. The molecule has 3 heterocycles. The van der Waals surface area contributed by atoms with E-state index in [9.17, 15) is 27.9 Å². The summed E-state index contributed by atoms with van der Waals surface area (Å²) in [5, 5.41) is 13.3. The van der Waals surface area contributed by atoms with E-state index in [1.165, 1.54) is 19.1 Å². The fourth-order valence-corrected chi connectivity index (χ4v) is 4.10. The van der Waals surface area contributed by atoms with E-state index in [0.29, 0.717) is 5.56 Å². The first-order valence-corrected chi connectivity index (χ1v) is 11.1. The Morgan fingerprint density at radius 2 is 1.81 bits per heavy atom. The van der Waals surface area contributed by atoms with Crippen molar-refractivity contribution in [2.75, 3.05) is 38.1 Å². The van der Waals surface area contributed by atoms with Crippen LogP contribution < -0.4 is 20.6 Å². The summed E-state index contributed by atoms with van der Waals surface area (Å²) in [4.78, 5) is 34.0. The number of ether oxygens (including phenoxy) is 1. The van der Waals surface area contributed by atoms with Crippen molar-refractivity contribution < 1.29 is 27.8 Å². The van der Waals surface area contributed by atoms with Crippen LogP contribution in [0.3, 0.4) is 0 Å². The van der Waals surface area contributed by atoms with Gasteiger partial charge in [-0.2, -0.15) is 0 Å². The Hall–Kier alpha value is -4.00. The zero-order valence-electron chi connectivity index (χ0n) is 19.6. The molecular weight excluding hydrogens is 481 g/mol. The van der Waals surface area contributed by atoms with Crippen molar-refractivity contribution >= 4 is 11.6 Å². The highest BCUT2D eigenvalue weighted by molar-refractivity contribution is 5.74. The van der Waals surface area contributed by atoms with E-state index in [0.717, 1.165) is 59.3 Å². The maximum atomic E-state index is 13.4. The molecule has 10 nitrogen and oxygen atoms in total. The molecule has 1 aromatic carbocycles. The lowest BCUT2D eigenvalue weighted by molar-refractivity contribution is -0.274. The third-order valence-corrected chi connectivity index (χ3v) is 5.81. The number of piperazine rings is 1. The van der Waals surface area contributed by atoms with Crippen LogP contribution in [-0.2, 0) is 4.79 Å². The van der Waals surface area contributed by atoms with E-state index in [4.69, 9.17) is 0 Å². The Bertz CT molecular complexity index is 1280. The van der Waals surface area contributed by atoms with E-state index >= 15 is 0 Å². The Morgan fingerprint density at radius 1 is 1.14 bits per heavy atom. The molecule has 36 heavy (non-hydrogen) atoms. The lowest BCUT2D eigenvalue weighted by Crippen LogP contribution is -2.45. The molecule has 1 saturated heterocycles. The molecule has 1 atom stereocenters. The van der Waals surface area contributed by atoms with Gasteiger partial charge in [0.15, 0.2) is 0 Å². The second-order valence-corrected chi connectivity index (χ2v) is 8.38. The monoisotopic (exact) mass is 506 g/mol. The molecule has 0 saturated carbocycles. The van der Waals surface area contributed by atoms with Crippen molar-refractivity contribution in [3.63, 3.8) is 0 Å². The van der Waals surface area contributed by atoms with Gasteiger partial charge in [0, 0.05) is 44.9 Å². The van der Waals surface area contributed by atoms with Gasteiger partial charge in [-0.3, -0.25) is 14.3 Å². The number of carbonyl (C=O) groups is 1. The summed E-state index contributed by atoms with van der Waals surface area (Å²) in [6.07, 6.45) is -1.46. The minimum atomic E-state index is -4.86. The number of pyridine rings is 1. The Labute approximate surface area is 204 Å². The number of benzene rings is 1. The van der Waals surface area contributed by atoms with Gasteiger partial charge in [0.2, 0.25) is 11.8 Å². The molecular formula is C23H25F3N6O4. The van der Waals surface area contributed by atoms with Gasteiger partial charge in [-0.1, -0.05) is 0 Å². The first-order valence-electron chi connectivity index (χ1n) is 11.1. The largest absolute Gasteiger partial charge is 0.573 e. The average molecular weight is 506 g/mol. The summed E-state index contributed by atoms with van der Waals surface area (Å²) in [5.41, 5.74) is 0.730. The Kier molecular flexibility index (Phi) is 6.93. The smallest absolute Gasteiger partial charge is 0.493 e. The lowest BCUT2D eigenvalue weighted by Gasteiger charge is -2.36. The van der Waals surface area contributed by atoms with Gasteiger partial charge in [0.1, 0.15) is 11.9 Å². The highest BCUT2D eigenvalue weighted by Crippen LogP contribution is 2.29. The number of likely N-dealkylation sites (N-methyl/N-ethyl adjacent to an activating group) is 1. The second kappa shape index (κ2) is 9.93. The van der Waals surface area contributed by atoms with Crippen LogP contribution in [0.25, 0.3) is 5.69 Å². The van der Waals surface area contributed by atoms with Crippen molar-refractivity contribution in [1.29, 1.82) is 0 Å². The maximum absolute atomic E-state index is 13.4. The molecule has 192 valence electrons. The van der Waals surface area contributed by atoms with Gasteiger partial charge in [0.25, 0.3) is 0 Å². The molecule has 13 heteroatoms. The van der Waals surface area contributed by atoms with E-state index in [2.05, 4.69) is 24.8 Å². The number of carbonyl (C=O) groups excluding carboxylic acids is 1. The number of aromatic nitrogens is 3. The number of rotatable bonds is 6. The van der Waals surface area contributed by atoms with Crippen LogP contribution in [0.15, 0.2) is 53.7 Å². The quantitative estimate of drug-likeness (QED) is 0.528. The van der Waals surface area contributed by atoms with Gasteiger partial charge >= 0.3 is 12.1 Å². The van der Waals surface area contributed by atoms with Crippen molar-refractivity contribution in [3.05, 3.63) is 65.0 Å². The number of hydrogen-bond donors (Lipinski definition) is 2. The fourth-order valence-electron chi connectivity index (χ4n) is 4.10. The summed E-state index contributed by atoms with van der Waals surface area (Å²) in [6.45, 7) is 4.39. The highest BCUT2D eigenvalue weighted by Gasteiger charge is 2.31. The van der Waals surface area contributed by atoms with Crippen LogP contribution in [0.5, 0.6) is 11.6 Å². The number of halogens is 3. The molecule has 0 aliphatic carbocycles. The normalized spacial score (nSPS) is 15.5. The standard InChI is InChI=1S/C23H25F3N6O4/c1-15(33)28-21(18-7-8-27-13-19(18)30-11-9-29(2)10-12-30)31-14-20(34)32(22(31)35)16-3-5-17(6-4-16)36-23(24,25)26/h3-8,13-14,21,34H,9-12H2,1-2H3,(H,28,33). The minimum Gasteiger partial charge on any atom is -0.493 e. The number of hydrogen-bond acceptors (Lipinski definition) is 7. The Morgan fingerprint density at radius 3 is 2.42 bits per heavy atom. The first kappa shape index (κ1) is 25.1. The second-order valence-electron chi connectivity index (χ2n) is 8.38. The number of amides is 1. The van der Waals surface area contributed by atoms with Crippen molar-refractivity contribution in [2.24, 2.45) is 0 Å². The maximum Gasteiger partial charge on any atom is 0.573 e. The number of nitrogens with one attached hydrogen (secondary N) is 1. The molecule has 1 fully saturated rings. The molecule has 0 radical (unpaired) electrons. The third-order valence-electron chi connectivity index (χ3n) is 5.81. The molecule has 1 aliphatic rings. The number of aromatic hydroxyl groups is 1. The minimum absolute atomic E-state index is 0.112. The zero-order valence-corrected chi connectivity index (χ0v) is 19.6. The van der Waals surface area contributed by atoms with E-state index < -0.39 is 35.8 Å². The van der Waals surface area contributed by atoms with Gasteiger partial charge in [-0.05, 0) is 37.4 Å². The summed E-state index contributed by atoms with van der Waals surface area (Å²) >= 11 is 0. The molecule has 2 N–H and O–H groups in total. The molecule has 0 spiro atoms. The predicted molar refractivity (Wildman–Crippen MR) is 124 cm³/mol. The summed E-state index contributed by atoms with van der Waals surface area (Å²) < 4.78 is 43.4. The third kappa shape index (κ3) is 5.46. The molecule has 1 aliphatic heterocycles. The number of alkyl halides is 3. The topological polar surface area (TPSA) is 105 Å². The molecule has 2 aromatic heterocycles. The van der Waals surface area contributed by atoms with E-state index in [1.807, 2.05) is 7.05 Å². The molecule has 4 rings (SSSR count). The van der Waals surface area contributed by atoms with Crippen LogP contribution in [0.1, 0.15) is 18.7 Å². The molecule has 1 unspecified atom stereocenters. The van der Waals surface area contributed by atoms with Gasteiger partial charge < -0.3 is 25.0 Å². The van der Waals surface area contributed by atoms with Crippen LogP contribution in [0.4, 0.5) is 18.9 Å². The number of anilines is 1. The molecule has 1 amide bonds. The van der Waals surface area contributed by atoms with Crippen LogP contribution >= 0.6 is 0 Å². The molecule has 3 aromatic rings. The van der Waals surface area contributed by atoms with Crippen LogP contribution in [0, 0.1) is 0 Å². The van der Waals surface area contributed by atoms with Gasteiger partial charge in [-0.15, -0.1) is 13.2 Å². The van der Waals surface area contributed by atoms with Gasteiger partial charge in [-0.25, -0.2) is 9.36 Å². The van der Waals surface area contributed by atoms with Crippen LogP contribution in [0.2, 0.25) is 0 Å². The fraction of sp³-hybridized carbons (Fsp3) is 0.348. The molecule has 0 bridgehead atoms. The van der Waals surface area contributed by atoms with Crippen molar-refractivity contribution in [2.45, 2.75) is 19.5 Å².